The number of nitrogens with one attached hydrogen (secondary N) is 2. The third kappa shape index (κ3) is 6.30. The molecule has 2 N–H and O–H groups in total. The van der Waals surface area contributed by atoms with Gasteiger partial charge in [0, 0.05) is 23.9 Å². The van der Waals surface area contributed by atoms with Crippen LogP contribution in [0.25, 0.3) is 0 Å². The van der Waals surface area contributed by atoms with Crippen molar-refractivity contribution in [3.05, 3.63) is 65.2 Å². The van der Waals surface area contributed by atoms with E-state index in [-0.39, 0.29) is 17.2 Å². The van der Waals surface area contributed by atoms with Crippen LogP contribution in [0.5, 0.6) is 5.75 Å². The third-order valence-corrected chi connectivity index (χ3v) is 6.26. The second-order valence-corrected chi connectivity index (χ2v) is 9.56. The van der Waals surface area contributed by atoms with Crippen molar-refractivity contribution in [2.45, 2.75) is 17.7 Å². The Morgan fingerprint density at radius 2 is 1.80 bits per heavy atom. The van der Waals surface area contributed by atoms with E-state index in [9.17, 15) is 13.2 Å². The number of nitrogens with zero attached hydrogens (tertiary/aromatic N) is 1. The maximum atomic E-state index is 12.2. The number of carbonyl (C=O) groups is 1. The summed E-state index contributed by atoms with van der Waals surface area (Å²) in [5.74, 6) is 0.722. The predicted molar refractivity (Wildman–Crippen MR) is 118 cm³/mol. The van der Waals surface area contributed by atoms with Gasteiger partial charge in [0.15, 0.2) is 15.0 Å². The zero-order chi connectivity index (χ0) is 21.6. The summed E-state index contributed by atoms with van der Waals surface area (Å²) >= 11 is 1.39. The molecule has 1 heterocycles. The van der Waals surface area contributed by atoms with E-state index in [2.05, 4.69) is 15.6 Å². The highest BCUT2D eigenvalue weighted by Crippen LogP contribution is 2.22. The number of ether oxygens (including phenoxy) is 1. The molecule has 0 saturated carbocycles. The van der Waals surface area contributed by atoms with Crippen molar-refractivity contribution in [3.8, 4) is 5.75 Å². The van der Waals surface area contributed by atoms with Crippen molar-refractivity contribution < 1.29 is 17.9 Å². The minimum atomic E-state index is -3.22. The zero-order valence-corrected chi connectivity index (χ0v) is 18.3. The molecule has 0 atom stereocenters. The fourth-order valence-corrected chi connectivity index (χ4v) is 4.08. The number of carbonyl (C=O) groups excluding carboxylic acids is 1. The quantitative estimate of drug-likeness (QED) is 0.525. The molecule has 3 rings (SSSR count). The van der Waals surface area contributed by atoms with Gasteiger partial charge in [-0.3, -0.25) is 4.79 Å². The van der Waals surface area contributed by atoms with E-state index in [0.29, 0.717) is 17.4 Å². The van der Waals surface area contributed by atoms with Gasteiger partial charge < -0.3 is 15.4 Å². The van der Waals surface area contributed by atoms with Gasteiger partial charge >= 0.3 is 0 Å². The molecule has 158 valence electrons. The van der Waals surface area contributed by atoms with Gasteiger partial charge in [-0.15, -0.1) is 11.3 Å². The number of thiazole rings is 1. The van der Waals surface area contributed by atoms with Crippen LogP contribution in [0.15, 0.2) is 58.8 Å². The Labute approximate surface area is 180 Å². The first-order chi connectivity index (χ1) is 14.3. The molecule has 7 nitrogen and oxygen atoms in total. The lowest BCUT2D eigenvalue weighted by atomic mass is 10.1. The van der Waals surface area contributed by atoms with E-state index < -0.39 is 9.84 Å². The molecule has 3 aromatic rings. The van der Waals surface area contributed by atoms with Crippen LogP contribution >= 0.6 is 11.3 Å². The monoisotopic (exact) mass is 445 g/mol. The lowest BCUT2D eigenvalue weighted by Gasteiger charge is -2.06. The average molecular weight is 446 g/mol. The van der Waals surface area contributed by atoms with Crippen LogP contribution in [0, 0.1) is 0 Å². The normalized spacial score (nSPS) is 11.1. The van der Waals surface area contributed by atoms with Crippen LogP contribution in [0.2, 0.25) is 0 Å². The smallest absolute Gasteiger partial charge is 0.226 e. The molecule has 1 amide bonds. The van der Waals surface area contributed by atoms with Crippen LogP contribution in [0.3, 0.4) is 0 Å². The molecule has 0 aliphatic carbocycles. The lowest BCUT2D eigenvalue weighted by molar-refractivity contribution is -0.120. The van der Waals surface area contributed by atoms with Crippen LogP contribution in [0.4, 0.5) is 10.8 Å². The third-order valence-electron chi connectivity index (χ3n) is 4.32. The van der Waals surface area contributed by atoms with Gasteiger partial charge in [0.2, 0.25) is 5.91 Å². The number of anilines is 2. The molecule has 9 heteroatoms. The topological polar surface area (TPSA) is 97.4 Å². The Balaban J connectivity index is 1.46. The number of hydrogen-bond donors (Lipinski definition) is 2. The highest BCUT2D eigenvalue weighted by atomic mass is 32.2. The predicted octanol–water partition coefficient (Wildman–Crippen LogP) is 3.20. The molecule has 0 spiro atoms. The van der Waals surface area contributed by atoms with Gasteiger partial charge in [0.1, 0.15) is 5.75 Å². The van der Waals surface area contributed by atoms with E-state index in [4.69, 9.17) is 4.74 Å². The Morgan fingerprint density at radius 3 is 2.43 bits per heavy atom. The van der Waals surface area contributed by atoms with E-state index in [0.717, 1.165) is 23.4 Å². The van der Waals surface area contributed by atoms with Crippen LogP contribution < -0.4 is 15.4 Å². The summed E-state index contributed by atoms with van der Waals surface area (Å²) in [5, 5.41) is 8.50. The fraction of sp³-hybridized carbons (Fsp3) is 0.238. The van der Waals surface area contributed by atoms with Crippen molar-refractivity contribution in [2.75, 3.05) is 25.2 Å². The molecule has 0 unspecified atom stereocenters. The summed E-state index contributed by atoms with van der Waals surface area (Å²) in [4.78, 5) is 16.8. The molecule has 0 aliphatic rings. The van der Waals surface area contributed by atoms with Crippen molar-refractivity contribution in [1.82, 2.24) is 10.3 Å². The van der Waals surface area contributed by atoms with E-state index in [1.165, 1.54) is 17.6 Å². The van der Waals surface area contributed by atoms with Gasteiger partial charge in [0.25, 0.3) is 0 Å². The highest BCUT2D eigenvalue weighted by Gasteiger charge is 2.09. The van der Waals surface area contributed by atoms with Gasteiger partial charge in [-0.2, -0.15) is 0 Å². The molecule has 0 aliphatic heterocycles. The molecule has 0 fully saturated rings. The maximum Gasteiger partial charge on any atom is 0.226 e. The van der Waals surface area contributed by atoms with Crippen molar-refractivity contribution in [3.63, 3.8) is 0 Å². The number of rotatable bonds is 9. The number of benzene rings is 2. The Hall–Kier alpha value is -2.91. The Kier molecular flexibility index (Phi) is 7.07. The van der Waals surface area contributed by atoms with Crippen molar-refractivity contribution in [1.29, 1.82) is 0 Å². The second-order valence-electron chi connectivity index (χ2n) is 6.69. The zero-order valence-electron chi connectivity index (χ0n) is 16.7. The second kappa shape index (κ2) is 9.73. The molecule has 2 aromatic carbocycles. The molecule has 0 saturated heterocycles. The van der Waals surface area contributed by atoms with Crippen molar-refractivity contribution >= 4 is 37.9 Å². The number of aromatic nitrogens is 1. The lowest BCUT2D eigenvalue weighted by Crippen LogP contribution is -2.27. The number of hydrogen-bond acceptors (Lipinski definition) is 7. The minimum absolute atomic E-state index is 0.0853. The fourth-order valence-electron chi connectivity index (χ4n) is 2.72. The Morgan fingerprint density at radius 1 is 1.10 bits per heavy atom. The van der Waals surface area contributed by atoms with Gasteiger partial charge in [-0.05, 0) is 48.4 Å². The van der Waals surface area contributed by atoms with Gasteiger partial charge in [-0.25, -0.2) is 13.4 Å². The Bertz CT molecular complexity index is 1090. The van der Waals surface area contributed by atoms with E-state index >= 15 is 0 Å². The largest absolute Gasteiger partial charge is 0.497 e. The molecule has 1 aromatic heterocycles. The van der Waals surface area contributed by atoms with Gasteiger partial charge in [0.05, 0.1) is 24.1 Å². The minimum Gasteiger partial charge on any atom is -0.497 e. The summed E-state index contributed by atoms with van der Waals surface area (Å²) in [5.41, 5.74) is 2.53. The van der Waals surface area contributed by atoms with E-state index in [1.807, 2.05) is 29.6 Å². The average Bonchev–Trinajstić information content (AvgIpc) is 3.15. The highest BCUT2D eigenvalue weighted by molar-refractivity contribution is 7.90. The molecule has 0 radical (unpaired) electrons. The summed E-state index contributed by atoms with van der Waals surface area (Å²) in [6.07, 6.45) is 2.11. The first kappa shape index (κ1) is 21.8. The van der Waals surface area contributed by atoms with Crippen LogP contribution in [-0.4, -0.2) is 39.2 Å². The summed E-state index contributed by atoms with van der Waals surface area (Å²) in [6, 6.07) is 14.2. The summed E-state index contributed by atoms with van der Waals surface area (Å²) in [7, 11) is -1.59. The number of sulfone groups is 1. The molecular formula is C21H23N3O4S2. The van der Waals surface area contributed by atoms with Crippen LogP contribution in [0.1, 0.15) is 11.3 Å². The number of amides is 1. The first-order valence-corrected chi connectivity index (χ1v) is 12.0. The SMILES string of the molecule is COc1ccc(CCNC(=O)Cc2csc(Nc3ccc(S(C)(=O)=O)cc3)n2)cc1. The standard InChI is InChI=1S/C21H23N3O4S2/c1-28-18-7-3-15(4-8-18)11-12-22-20(25)13-17-14-29-21(24-17)23-16-5-9-19(10-6-16)30(2,26)27/h3-10,14H,11-13H2,1-2H3,(H,22,25)(H,23,24). The van der Waals surface area contributed by atoms with Gasteiger partial charge in [-0.1, -0.05) is 12.1 Å². The summed E-state index contributed by atoms with van der Waals surface area (Å²) < 4.78 is 28.2. The molecule has 30 heavy (non-hydrogen) atoms. The maximum absolute atomic E-state index is 12.2. The van der Waals surface area contributed by atoms with E-state index in [1.54, 1.807) is 31.4 Å². The first-order valence-electron chi connectivity index (χ1n) is 9.24. The number of methoxy groups -OCH3 is 1. The van der Waals surface area contributed by atoms with Crippen molar-refractivity contribution in [2.24, 2.45) is 0 Å². The van der Waals surface area contributed by atoms with Crippen LogP contribution in [-0.2, 0) is 27.5 Å². The summed E-state index contributed by atoms with van der Waals surface area (Å²) in [6.45, 7) is 0.549. The molecule has 0 bridgehead atoms. The molecular weight excluding hydrogens is 422 g/mol.